The van der Waals surface area contributed by atoms with Crippen LogP contribution in [-0.4, -0.2) is 77.9 Å². The number of hydrogen-bond donors (Lipinski definition) is 4. The minimum absolute atomic E-state index is 0.283. The van der Waals surface area contributed by atoms with Gasteiger partial charge in [-0.05, 0) is 62.0 Å². The molecule has 2 heterocycles. The SMILES string of the molecule is O=C(O)[C@@H]1CC2C[C@@H](CN3CC(N(Cc4ccccc4)S(=O)O)C[C@H]3C(=O)O)CCC2CN1. The number of likely N-dealkylation sites (tertiary alicyclic amines) is 1. The van der Waals surface area contributed by atoms with Crippen LogP contribution in [0.15, 0.2) is 30.3 Å². The zero-order valence-electron chi connectivity index (χ0n) is 18.6. The van der Waals surface area contributed by atoms with E-state index in [1.807, 2.05) is 35.2 Å². The summed E-state index contributed by atoms with van der Waals surface area (Å²) in [6, 6.07) is 7.91. The molecule has 0 amide bonds. The first-order valence-electron chi connectivity index (χ1n) is 11.7. The van der Waals surface area contributed by atoms with E-state index in [1.165, 1.54) is 4.31 Å². The molecule has 4 rings (SSSR count). The van der Waals surface area contributed by atoms with Crippen LogP contribution < -0.4 is 5.32 Å². The fourth-order valence-corrected chi connectivity index (χ4v) is 6.64. The van der Waals surface area contributed by atoms with E-state index < -0.39 is 35.3 Å². The van der Waals surface area contributed by atoms with Crippen LogP contribution in [0.5, 0.6) is 0 Å². The molecule has 1 aromatic rings. The average Bonchev–Trinajstić information content (AvgIpc) is 3.21. The molecule has 2 saturated heterocycles. The van der Waals surface area contributed by atoms with Crippen molar-refractivity contribution in [2.24, 2.45) is 17.8 Å². The molecule has 2 aliphatic heterocycles. The van der Waals surface area contributed by atoms with Gasteiger partial charge in [-0.1, -0.05) is 30.3 Å². The Hall–Kier alpha value is -1.85. The topological polar surface area (TPSA) is 130 Å². The number of nitrogens with zero attached hydrogens (tertiary/aromatic N) is 2. The van der Waals surface area contributed by atoms with Crippen molar-refractivity contribution in [2.45, 2.75) is 56.8 Å². The lowest BCUT2D eigenvalue weighted by Gasteiger charge is -2.42. The fourth-order valence-electron chi connectivity index (χ4n) is 5.97. The molecule has 182 valence electrons. The number of carboxylic acids is 2. The molecule has 1 aliphatic carbocycles. The first kappa shape index (κ1) is 24.3. The molecule has 4 N–H and O–H groups in total. The van der Waals surface area contributed by atoms with Crippen LogP contribution in [-0.2, 0) is 27.4 Å². The summed E-state index contributed by atoms with van der Waals surface area (Å²) >= 11 is -2.21. The molecular weight excluding hydrogens is 446 g/mol. The molecule has 1 saturated carbocycles. The maximum atomic E-state index is 12.1. The van der Waals surface area contributed by atoms with Crippen molar-refractivity contribution in [2.75, 3.05) is 19.6 Å². The molecule has 7 atom stereocenters. The van der Waals surface area contributed by atoms with Crippen LogP contribution in [0, 0.1) is 17.8 Å². The number of piperidine rings is 1. The van der Waals surface area contributed by atoms with Gasteiger partial charge in [0.25, 0.3) is 0 Å². The highest BCUT2D eigenvalue weighted by molar-refractivity contribution is 7.76. The summed E-state index contributed by atoms with van der Waals surface area (Å²) in [6.45, 7) is 2.07. The Morgan fingerprint density at radius 1 is 1.06 bits per heavy atom. The zero-order valence-corrected chi connectivity index (χ0v) is 19.4. The largest absolute Gasteiger partial charge is 0.480 e. The molecule has 1 aromatic carbocycles. The molecule has 9 nitrogen and oxygen atoms in total. The standard InChI is InChI=1S/C23H33N3O6S/c27-22(28)20-9-18-8-16(6-7-17(18)11-24-20)12-25-14-19(10-21(25)23(29)30)26(33(31)32)13-15-4-2-1-3-5-15/h1-5,16-21,24H,6-14H2,(H,27,28)(H,29,30)(H,31,32)/t16-,17?,18?,19?,20-,21-/m0/s1. The molecule has 3 aliphatic rings. The number of nitrogens with one attached hydrogen (secondary N) is 1. The Bertz CT molecular complexity index is 871. The summed E-state index contributed by atoms with van der Waals surface area (Å²) in [7, 11) is 0. The maximum absolute atomic E-state index is 12.1. The van der Waals surface area contributed by atoms with Crippen LogP contribution >= 0.6 is 0 Å². The van der Waals surface area contributed by atoms with Gasteiger partial charge in [0, 0.05) is 25.7 Å². The van der Waals surface area contributed by atoms with Gasteiger partial charge in [-0.3, -0.25) is 19.0 Å². The smallest absolute Gasteiger partial charge is 0.320 e. The molecule has 0 aromatic heterocycles. The minimum Gasteiger partial charge on any atom is -0.480 e. The second kappa shape index (κ2) is 10.6. The van der Waals surface area contributed by atoms with Crippen LogP contribution in [0.4, 0.5) is 0 Å². The van der Waals surface area contributed by atoms with Gasteiger partial charge in [0.2, 0.25) is 11.3 Å². The summed E-state index contributed by atoms with van der Waals surface area (Å²) in [4.78, 5) is 25.4. The number of aliphatic carboxylic acids is 2. The fraction of sp³-hybridized carbons (Fsp3) is 0.652. The van der Waals surface area contributed by atoms with Crippen molar-refractivity contribution in [1.82, 2.24) is 14.5 Å². The highest BCUT2D eigenvalue weighted by Gasteiger charge is 2.43. The van der Waals surface area contributed by atoms with Crippen LogP contribution in [0.1, 0.15) is 37.7 Å². The monoisotopic (exact) mass is 479 g/mol. The highest BCUT2D eigenvalue weighted by atomic mass is 32.2. The van der Waals surface area contributed by atoms with Gasteiger partial charge >= 0.3 is 11.9 Å². The van der Waals surface area contributed by atoms with E-state index in [4.69, 9.17) is 0 Å². The summed E-state index contributed by atoms with van der Waals surface area (Å²) in [5, 5.41) is 22.3. The van der Waals surface area contributed by atoms with Crippen molar-refractivity contribution < 1.29 is 28.6 Å². The quantitative estimate of drug-likeness (QED) is 0.414. The lowest BCUT2D eigenvalue weighted by atomic mass is 9.69. The Balaban J connectivity index is 1.41. The summed E-state index contributed by atoms with van der Waals surface area (Å²) in [6.07, 6.45) is 3.84. The Morgan fingerprint density at radius 3 is 2.48 bits per heavy atom. The molecular formula is C23H33N3O6S. The van der Waals surface area contributed by atoms with E-state index >= 15 is 0 Å². The normalized spacial score (nSPS) is 33.5. The second-order valence-electron chi connectivity index (χ2n) is 9.72. The van der Waals surface area contributed by atoms with E-state index in [1.54, 1.807) is 0 Å². The van der Waals surface area contributed by atoms with Gasteiger partial charge in [-0.2, -0.15) is 4.31 Å². The van der Waals surface area contributed by atoms with E-state index in [9.17, 15) is 28.6 Å². The van der Waals surface area contributed by atoms with Crippen LogP contribution in [0.2, 0.25) is 0 Å². The van der Waals surface area contributed by atoms with E-state index in [0.717, 1.165) is 31.4 Å². The third-order valence-electron chi connectivity index (χ3n) is 7.66. The van der Waals surface area contributed by atoms with Crippen molar-refractivity contribution in [3.05, 3.63) is 35.9 Å². The Morgan fingerprint density at radius 2 is 1.82 bits per heavy atom. The third kappa shape index (κ3) is 5.81. The van der Waals surface area contributed by atoms with Crippen LogP contribution in [0.3, 0.4) is 0 Å². The minimum atomic E-state index is -2.21. The van der Waals surface area contributed by atoms with Crippen molar-refractivity contribution >= 4 is 23.2 Å². The van der Waals surface area contributed by atoms with E-state index in [0.29, 0.717) is 43.7 Å². The first-order chi connectivity index (χ1) is 15.8. The van der Waals surface area contributed by atoms with Crippen molar-refractivity contribution in [3.8, 4) is 0 Å². The van der Waals surface area contributed by atoms with Gasteiger partial charge in [-0.25, -0.2) is 4.21 Å². The van der Waals surface area contributed by atoms with E-state index in [2.05, 4.69) is 5.32 Å². The van der Waals surface area contributed by atoms with Crippen LogP contribution in [0.25, 0.3) is 0 Å². The van der Waals surface area contributed by atoms with Gasteiger partial charge in [0.1, 0.15) is 12.1 Å². The number of rotatable bonds is 8. The van der Waals surface area contributed by atoms with Crippen molar-refractivity contribution in [3.63, 3.8) is 0 Å². The molecule has 0 bridgehead atoms. The highest BCUT2D eigenvalue weighted by Crippen LogP contribution is 2.40. The first-order valence-corrected chi connectivity index (χ1v) is 12.7. The third-order valence-corrected chi connectivity index (χ3v) is 8.49. The zero-order chi connectivity index (χ0) is 23.5. The molecule has 33 heavy (non-hydrogen) atoms. The predicted molar refractivity (Wildman–Crippen MR) is 123 cm³/mol. The number of carboxylic acid groups (broad SMARTS) is 2. The number of carbonyl (C=O) groups is 2. The van der Waals surface area contributed by atoms with Gasteiger partial charge < -0.3 is 15.5 Å². The van der Waals surface area contributed by atoms with Gasteiger partial charge in [0.15, 0.2) is 0 Å². The number of benzene rings is 1. The predicted octanol–water partition coefficient (Wildman–Crippen LogP) is 1.63. The van der Waals surface area contributed by atoms with Crippen molar-refractivity contribution in [1.29, 1.82) is 0 Å². The Labute approximate surface area is 196 Å². The Kier molecular flexibility index (Phi) is 7.80. The lowest BCUT2D eigenvalue weighted by molar-refractivity contribution is -0.143. The number of fused-ring (bicyclic) bond motifs is 1. The summed E-state index contributed by atoms with van der Waals surface area (Å²) in [5.74, 6) is -0.577. The number of hydrogen-bond acceptors (Lipinski definition) is 5. The second-order valence-corrected chi connectivity index (χ2v) is 10.7. The molecule has 4 unspecified atom stereocenters. The molecule has 0 spiro atoms. The summed E-state index contributed by atoms with van der Waals surface area (Å²) in [5.41, 5.74) is 0.905. The van der Waals surface area contributed by atoms with Gasteiger partial charge in [-0.15, -0.1) is 0 Å². The molecule has 10 heteroatoms. The summed E-state index contributed by atoms with van der Waals surface area (Å²) < 4.78 is 23.5. The maximum Gasteiger partial charge on any atom is 0.320 e. The average molecular weight is 480 g/mol. The van der Waals surface area contributed by atoms with Gasteiger partial charge in [0.05, 0.1) is 0 Å². The lowest BCUT2D eigenvalue weighted by Crippen LogP contribution is -2.50. The molecule has 3 fully saturated rings. The molecule has 0 radical (unpaired) electrons. The van der Waals surface area contributed by atoms with E-state index in [-0.39, 0.29) is 12.6 Å².